The van der Waals surface area contributed by atoms with Gasteiger partial charge in [-0.1, -0.05) is 0 Å². The standard InChI is InChI=1S/C6H3BrF3N/c7-5-2-3(8)1-4(11-5)6(9)10/h1-2,6H. The minimum Gasteiger partial charge on any atom is -0.240 e. The maximum absolute atomic E-state index is 12.4. The molecule has 0 saturated heterocycles. The number of nitrogens with zero attached hydrogens (tertiary/aromatic N) is 1. The number of hydrogen-bond donors (Lipinski definition) is 0. The lowest BCUT2D eigenvalue weighted by Crippen LogP contribution is -1.91. The lowest BCUT2D eigenvalue weighted by atomic mass is 10.3. The molecule has 5 heteroatoms. The maximum atomic E-state index is 12.4. The van der Waals surface area contributed by atoms with Gasteiger partial charge in [0.15, 0.2) is 0 Å². The summed E-state index contributed by atoms with van der Waals surface area (Å²) < 4.78 is 36.2. The van der Waals surface area contributed by atoms with Gasteiger partial charge in [-0.15, -0.1) is 0 Å². The van der Waals surface area contributed by atoms with Gasteiger partial charge in [-0.25, -0.2) is 18.2 Å². The second kappa shape index (κ2) is 3.21. The van der Waals surface area contributed by atoms with Crippen molar-refractivity contribution in [2.24, 2.45) is 0 Å². The smallest absolute Gasteiger partial charge is 0.240 e. The van der Waals surface area contributed by atoms with Crippen molar-refractivity contribution < 1.29 is 13.2 Å². The number of rotatable bonds is 1. The van der Waals surface area contributed by atoms with Crippen molar-refractivity contribution in [3.8, 4) is 0 Å². The van der Waals surface area contributed by atoms with Crippen LogP contribution in [0.5, 0.6) is 0 Å². The van der Waals surface area contributed by atoms with Crippen LogP contribution < -0.4 is 0 Å². The maximum Gasteiger partial charge on any atom is 0.280 e. The van der Waals surface area contributed by atoms with Crippen LogP contribution in [-0.2, 0) is 0 Å². The highest BCUT2D eigenvalue weighted by atomic mass is 79.9. The molecular weight excluding hydrogens is 223 g/mol. The average Bonchev–Trinajstić information content (AvgIpc) is 1.85. The first-order valence-corrected chi connectivity index (χ1v) is 3.50. The molecule has 1 rings (SSSR count). The van der Waals surface area contributed by atoms with E-state index in [-0.39, 0.29) is 4.60 Å². The van der Waals surface area contributed by atoms with Crippen molar-refractivity contribution in [2.45, 2.75) is 6.43 Å². The van der Waals surface area contributed by atoms with Crippen molar-refractivity contribution in [3.63, 3.8) is 0 Å². The summed E-state index contributed by atoms with van der Waals surface area (Å²) >= 11 is 2.80. The van der Waals surface area contributed by atoms with Crippen molar-refractivity contribution in [3.05, 3.63) is 28.2 Å². The fraction of sp³-hybridized carbons (Fsp3) is 0.167. The summed E-state index contributed by atoms with van der Waals surface area (Å²) in [5.74, 6) is -0.720. The zero-order valence-electron chi connectivity index (χ0n) is 5.19. The van der Waals surface area contributed by atoms with Crippen LogP contribution in [0.3, 0.4) is 0 Å². The molecule has 0 amide bonds. The van der Waals surface area contributed by atoms with Crippen molar-refractivity contribution >= 4 is 15.9 Å². The Balaban J connectivity index is 3.08. The van der Waals surface area contributed by atoms with Crippen LogP contribution in [0, 0.1) is 5.82 Å². The Kier molecular flexibility index (Phi) is 2.49. The number of pyridine rings is 1. The van der Waals surface area contributed by atoms with E-state index in [1.54, 1.807) is 0 Å². The molecule has 0 atom stereocenters. The predicted octanol–water partition coefficient (Wildman–Crippen LogP) is 2.92. The number of aromatic nitrogens is 1. The van der Waals surface area contributed by atoms with Gasteiger partial charge in [-0.3, -0.25) is 0 Å². The highest BCUT2D eigenvalue weighted by Gasteiger charge is 2.10. The Morgan fingerprint density at radius 3 is 2.45 bits per heavy atom. The fourth-order valence-corrected chi connectivity index (χ4v) is 1.02. The summed E-state index contributed by atoms with van der Waals surface area (Å²) in [6.45, 7) is 0. The van der Waals surface area contributed by atoms with Crippen molar-refractivity contribution in [2.75, 3.05) is 0 Å². The molecule has 0 fully saturated rings. The van der Waals surface area contributed by atoms with Gasteiger partial charge >= 0.3 is 0 Å². The fourth-order valence-electron chi connectivity index (χ4n) is 0.596. The summed E-state index contributed by atoms with van der Waals surface area (Å²) in [7, 11) is 0. The van der Waals surface area contributed by atoms with Gasteiger partial charge in [0.2, 0.25) is 0 Å². The number of hydrogen-bond acceptors (Lipinski definition) is 1. The Bertz CT molecular complexity index is 244. The number of alkyl halides is 2. The van der Waals surface area contributed by atoms with Gasteiger partial charge in [0.05, 0.1) is 0 Å². The quantitative estimate of drug-likeness (QED) is 0.671. The van der Waals surface area contributed by atoms with Crippen LogP contribution in [0.25, 0.3) is 0 Å². The molecule has 0 spiro atoms. The first-order chi connectivity index (χ1) is 5.09. The molecule has 1 heterocycles. The zero-order chi connectivity index (χ0) is 8.43. The average molecular weight is 226 g/mol. The monoisotopic (exact) mass is 225 g/mol. The zero-order valence-corrected chi connectivity index (χ0v) is 6.78. The van der Waals surface area contributed by atoms with E-state index >= 15 is 0 Å². The Labute approximate surface area is 69.4 Å². The molecule has 0 aliphatic heterocycles. The van der Waals surface area contributed by atoms with E-state index in [0.29, 0.717) is 6.07 Å². The third-order valence-corrected chi connectivity index (χ3v) is 1.41. The van der Waals surface area contributed by atoms with E-state index in [1.807, 2.05) is 0 Å². The van der Waals surface area contributed by atoms with Gasteiger partial charge in [0.1, 0.15) is 16.1 Å². The van der Waals surface area contributed by atoms with Gasteiger partial charge in [0.25, 0.3) is 6.43 Å². The van der Waals surface area contributed by atoms with Gasteiger partial charge in [-0.05, 0) is 15.9 Å². The SMILES string of the molecule is Fc1cc(Br)nc(C(F)F)c1. The third-order valence-electron chi connectivity index (χ3n) is 1.00. The van der Waals surface area contributed by atoms with Crippen LogP contribution in [0.4, 0.5) is 13.2 Å². The minimum atomic E-state index is -2.73. The third kappa shape index (κ3) is 2.18. The lowest BCUT2D eigenvalue weighted by molar-refractivity contribution is 0.145. The van der Waals surface area contributed by atoms with E-state index in [1.165, 1.54) is 0 Å². The highest BCUT2D eigenvalue weighted by Crippen LogP contribution is 2.19. The Morgan fingerprint density at radius 2 is 2.00 bits per heavy atom. The second-order valence-corrected chi connectivity index (χ2v) is 2.65. The molecule has 0 radical (unpaired) electrons. The van der Waals surface area contributed by atoms with E-state index in [0.717, 1.165) is 6.07 Å². The van der Waals surface area contributed by atoms with Crippen LogP contribution in [0.2, 0.25) is 0 Å². The molecule has 0 bridgehead atoms. The Morgan fingerprint density at radius 1 is 1.36 bits per heavy atom. The van der Waals surface area contributed by atoms with Crippen LogP contribution >= 0.6 is 15.9 Å². The summed E-state index contributed by atoms with van der Waals surface area (Å²) in [6, 6.07) is 1.72. The molecule has 1 aromatic rings. The van der Waals surface area contributed by atoms with Crippen LogP contribution in [-0.4, -0.2) is 4.98 Å². The molecular formula is C6H3BrF3N. The molecule has 0 unspecified atom stereocenters. The van der Waals surface area contributed by atoms with Crippen molar-refractivity contribution in [1.29, 1.82) is 0 Å². The second-order valence-electron chi connectivity index (χ2n) is 1.83. The minimum absolute atomic E-state index is 0.0767. The van der Waals surface area contributed by atoms with Gasteiger partial charge < -0.3 is 0 Å². The summed E-state index contributed by atoms with van der Waals surface area (Å²) in [4.78, 5) is 3.36. The number of halogens is 4. The molecule has 1 aromatic heterocycles. The van der Waals surface area contributed by atoms with Gasteiger partial charge in [-0.2, -0.15) is 0 Å². The molecule has 0 saturated carbocycles. The van der Waals surface area contributed by atoms with E-state index in [2.05, 4.69) is 20.9 Å². The normalized spacial score (nSPS) is 10.6. The predicted molar refractivity (Wildman–Crippen MR) is 36.9 cm³/mol. The van der Waals surface area contributed by atoms with E-state index in [4.69, 9.17) is 0 Å². The van der Waals surface area contributed by atoms with E-state index in [9.17, 15) is 13.2 Å². The molecule has 1 nitrogen and oxygen atoms in total. The molecule has 0 aromatic carbocycles. The molecule has 0 N–H and O–H groups in total. The Hall–Kier alpha value is -0.580. The largest absolute Gasteiger partial charge is 0.280 e. The summed E-state index contributed by atoms with van der Waals surface area (Å²) in [6.07, 6.45) is -2.73. The molecule has 11 heavy (non-hydrogen) atoms. The topological polar surface area (TPSA) is 12.9 Å². The first-order valence-electron chi connectivity index (χ1n) is 2.70. The highest BCUT2D eigenvalue weighted by molar-refractivity contribution is 9.10. The molecule has 60 valence electrons. The molecule has 0 aliphatic rings. The lowest BCUT2D eigenvalue weighted by Gasteiger charge is -1.98. The van der Waals surface area contributed by atoms with Crippen LogP contribution in [0.15, 0.2) is 16.7 Å². The summed E-state index contributed by atoms with van der Waals surface area (Å²) in [5, 5.41) is 0. The van der Waals surface area contributed by atoms with Gasteiger partial charge in [0, 0.05) is 12.1 Å². The summed E-state index contributed by atoms with van der Waals surface area (Å²) in [5.41, 5.74) is -0.558. The van der Waals surface area contributed by atoms with Crippen molar-refractivity contribution in [1.82, 2.24) is 4.98 Å². The van der Waals surface area contributed by atoms with Crippen LogP contribution in [0.1, 0.15) is 12.1 Å². The van der Waals surface area contributed by atoms with E-state index < -0.39 is 17.9 Å². The first kappa shape index (κ1) is 8.52. The molecule has 0 aliphatic carbocycles.